The zero-order valence-electron chi connectivity index (χ0n) is 17.9. The van der Waals surface area contributed by atoms with Crippen LogP contribution in [0.25, 0.3) is 16.9 Å². The summed E-state index contributed by atoms with van der Waals surface area (Å²) in [5.74, 6) is 0.614. The van der Waals surface area contributed by atoms with E-state index in [4.69, 9.17) is 23.1 Å². The Kier molecular flexibility index (Phi) is 4.73. The predicted molar refractivity (Wildman–Crippen MR) is 130 cm³/mol. The van der Waals surface area contributed by atoms with Gasteiger partial charge in [-0.3, -0.25) is 9.78 Å². The van der Waals surface area contributed by atoms with Gasteiger partial charge in [0, 0.05) is 30.2 Å². The summed E-state index contributed by atoms with van der Waals surface area (Å²) in [6.07, 6.45) is 5.63. The van der Waals surface area contributed by atoms with Crippen LogP contribution in [0.15, 0.2) is 33.6 Å². The zero-order chi connectivity index (χ0) is 23.6. The second-order valence-corrected chi connectivity index (χ2v) is 9.96. The third-order valence-corrected chi connectivity index (χ3v) is 8.29. The summed E-state index contributed by atoms with van der Waals surface area (Å²) in [6.45, 7) is 1.49. The number of fused-ring (bicyclic) bond motifs is 2. The van der Waals surface area contributed by atoms with Gasteiger partial charge in [0.15, 0.2) is 11.2 Å². The molecule has 5 N–H and O–H groups in total. The maximum Gasteiger partial charge on any atom is 0.334 e. The second-order valence-electron chi connectivity index (χ2n) is 8.69. The number of aromatic nitrogens is 6. The highest BCUT2D eigenvalue weighted by Gasteiger charge is 2.47. The topological polar surface area (TPSA) is 162 Å². The molecule has 0 radical (unpaired) electrons. The first-order valence-corrected chi connectivity index (χ1v) is 12.0. The van der Waals surface area contributed by atoms with Crippen LogP contribution in [0.3, 0.4) is 0 Å². The smallest absolute Gasteiger partial charge is 0.334 e. The van der Waals surface area contributed by atoms with Crippen molar-refractivity contribution in [1.29, 1.82) is 0 Å². The highest BCUT2D eigenvalue weighted by molar-refractivity contribution is 7.09. The van der Waals surface area contributed by atoms with E-state index in [1.807, 2.05) is 5.51 Å². The first kappa shape index (κ1) is 21.2. The number of pyridine rings is 1. The summed E-state index contributed by atoms with van der Waals surface area (Å²) >= 11 is 7.81. The third kappa shape index (κ3) is 3.06. The number of hydrogen-bond donors (Lipinski definition) is 3. The summed E-state index contributed by atoms with van der Waals surface area (Å²) < 4.78 is 0.885. The fourth-order valence-electron chi connectivity index (χ4n) is 5.03. The van der Waals surface area contributed by atoms with Crippen LogP contribution in [-0.2, 0) is 6.42 Å². The number of halogens is 1. The van der Waals surface area contributed by atoms with Crippen LogP contribution in [0.2, 0.25) is 5.02 Å². The number of anilines is 2. The van der Waals surface area contributed by atoms with Gasteiger partial charge in [-0.2, -0.15) is 0 Å². The Hall–Kier alpha value is -3.35. The molecule has 6 rings (SSSR count). The van der Waals surface area contributed by atoms with E-state index < -0.39 is 11.2 Å². The van der Waals surface area contributed by atoms with Gasteiger partial charge in [0.2, 0.25) is 0 Å². The number of nitrogens with one attached hydrogen (secondary N) is 1. The fraction of sp³-hybridized carbons (Fsp3) is 0.333. The van der Waals surface area contributed by atoms with Crippen molar-refractivity contribution in [2.24, 2.45) is 11.1 Å². The van der Waals surface area contributed by atoms with Crippen molar-refractivity contribution in [1.82, 2.24) is 29.5 Å². The molecule has 11 nitrogen and oxygen atoms in total. The summed E-state index contributed by atoms with van der Waals surface area (Å²) in [4.78, 5) is 49.0. The molecule has 1 spiro atoms. The predicted octanol–water partition coefficient (Wildman–Crippen LogP) is 1.40. The largest absolute Gasteiger partial charge is 0.382 e. The maximum absolute atomic E-state index is 13.1. The lowest BCUT2D eigenvalue weighted by Gasteiger charge is -2.42. The van der Waals surface area contributed by atoms with Gasteiger partial charge in [0.25, 0.3) is 5.56 Å². The zero-order valence-corrected chi connectivity index (χ0v) is 19.4. The molecular weight excluding hydrogens is 478 g/mol. The molecule has 0 unspecified atom stereocenters. The van der Waals surface area contributed by atoms with E-state index in [0.29, 0.717) is 5.82 Å². The highest BCUT2D eigenvalue weighted by Crippen LogP contribution is 2.51. The molecule has 0 amide bonds. The quantitative estimate of drug-likeness (QED) is 0.371. The SMILES string of the molecule is Nc1nccc(-n2c(=O)[nH]c3nc(N4CCC5(CC4)Cc4ncsc4[C@H]5N)cnc3c2=O)c1Cl. The number of aromatic amines is 1. The molecule has 1 saturated heterocycles. The molecule has 4 aromatic rings. The van der Waals surface area contributed by atoms with E-state index in [0.717, 1.165) is 42.6 Å². The van der Waals surface area contributed by atoms with E-state index in [9.17, 15) is 9.59 Å². The Morgan fingerprint density at radius 2 is 2.00 bits per heavy atom. The summed E-state index contributed by atoms with van der Waals surface area (Å²) in [5, 5.41) is 0.0101. The van der Waals surface area contributed by atoms with Gasteiger partial charge in [-0.05, 0) is 30.7 Å². The van der Waals surface area contributed by atoms with Crippen LogP contribution in [-0.4, -0.2) is 42.6 Å². The lowest BCUT2D eigenvalue weighted by atomic mass is 9.74. The lowest BCUT2D eigenvalue weighted by Crippen LogP contribution is -2.44. The monoisotopic (exact) mass is 497 g/mol. The van der Waals surface area contributed by atoms with Crippen molar-refractivity contribution in [2.45, 2.75) is 25.3 Å². The Bertz CT molecular complexity index is 1550. The maximum atomic E-state index is 13.1. The molecule has 34 heavy (non-hydrogen) atoms. The van der Waals surface area contributed by atoms with Crippen LogP contribution in [0.5, 0.6) is 0 Å². The number of thiazole rings is 1. The Labute approximate surface area is 201 Å². The van der Waals surface area contributed by atoms with Crippen LogP contribution in [0.4, 0.5) is 11.6 Å². The number of nitrogen functional groups attached to an aromatic ring is 1. The van der Waals surface area contributed by atoms with Crippen LogP contribution in [0, 0.1) is 5.41 Å². The van der Waals surface area contributed by atoms with Gasteiger partial charge in [0.05, 0.1) is 23.1 Å². The van der Waals surface area contributed by atoms with E-state index in [2.05, 4.69) is 29.8 Å². The average Bonchev–Trinajstić information content (AvgIpc) is 3.38. The van der Waals surface area contributed by atoms with Crippen molar-refractivity contribution in [3.63, 3.8) is 0 Å². The average molecular weight is 498 g/mol. The van der Waals surface area contributed by atoms with Crippen molar-refractivity contribution in [3.8, 4) is 5.69 Å². The lowest BCUT2D eigenvalue weighted by molar-refractivity contribution is 0.187. The molecule has 5 heterocycles. The van der Waals surface area contributed by atoms with E-state index in [1.54, 1.807) is 17.5 Å². The minimum absolute atomic E-state index is 0.00343. The van der Waals surface area contributed by atoms with Gasteiger partial charge in [-0.1, -0.05) is 11.6 Å². The first-order valence-electron chi connectivity index (χ1n) is 10.7. The number of nitrogens with zero attached hydrogens (tertiary/aromatic N) is 6. The Morgan fingerprint density at radius 3 is 2.76 bits per heavy atom. The molecule has 0 saturated carbocycles. The molecule has 1 aliphatic heterocycles. The fourth-order valence-corrected chi connectivity index (χ4v) is 6.17. The van der Waals surface area contributed by atoms with Crippen molar-refractivity contribution < 1.29 is 0 Å². The minimum atomic E-state index is -0.690. The van der Waals surface area contributed by atoms with Gasteiger partial charge in [-0.15, -0.1) is 11.3 Å². The molecule has 0 bridgehead atoms. The van der Waals surface area contributed by atoms with Crippen LogP contribution in [0.1, 0.15) is 29.5 Å². The molecular formula is C21H20ClN9O2S. The Balaban J connectivity index is 1.31. The van der Waals surface area contributed by atoms with Gasteiger partial charge in [-0.25, -0.2) is 29.3 Å². The molecule has 1 atom stereocenters. The van der Waals surface area contributed by atoms with Crippen LogP contribution >= 0.6 is 22.9 Å². The third-order valence-electron chi connectivity index (χ3n) is 6.95. The molecule has 174 valence electrons. The van der Waals surface area contributed by atoms with Gasteiger partial charge >= 0.3 is 5.69 Å². The van der Waals surface area contributed by atoms with Crippen LogP contribution < -0.4 is 27.6 Å². The number of hydrogen-bond acceptors (Lipinski definition) is 10. The van der Waals surface area contributed by atoms with Gasteiger partial charge < -0.3 is 16.4 Å². The van der Waals surface area contributed by atoms with E-state index in [1.165, 1.54) is 17.1 Å². The standard InChI is InChI=1S/C21H20ClN9O2S/c22-13-11(1-4-25-17(13)24)31-19(32)14-18(29-20(31)33)28-12(8-26-14)30-5-2-21(3-6-30)7-10-15(16(21)23)34-9-27-10/h1,4,8-9,16H,2-3,5-7,23H2,(H2,24,25)(H,28,29,33)/t16-/m1/s1. The second kappa shape index (κ2) is 7.58. The number of nitrogens with two attached hydrogens (primary N) is 2. The minimum Gasteiger partial charge on any atom is -0.382 e. The summed E-state index contributed by atoms with van der Waals surface area (Å²) in [5.41, 5.74) is 14.3. The van der Waals surface area contributed by atoms with Crippen molar-refractivity contribution >= 4 is 45.7 Å². The molecule has 4 aromatic heterocycles. The highest BCUT2D eigenvalue weighted by atomic mass is 35.5. The summed E-state index contributed by atoms with van der Waals surface area (Å²) in [7, 11) is 0. The molecule has 13 heteroatoms. The first-order chi connectivity index (χ1) is 16.4. The van der Waals surface area contributed by atoms with E-state index in [-0.39, 0.29) is 39.1 Å². The number of rotatable bonds is 2. The van der Waals surface area contributed by atoms with Gasteiger partial charge in [0.1, 0.15) is 16.7 Å². The Morgan fingerprint density at radius 1 is 1.21 bits per heavy atom. The molecule has 1 fully saturated rings. The van der Waals surface area contributed by atoms with Crippen molar-refractivity contribution in [3.05, 3.63) is 60.4 Å². The summed E-state index contributed by atoms with van der Waals surface area (Å²) in [6, 6.07) is 1.44. The molecule has 2 aliphatic rings. The van der Waals surface area contributed by atoms with Crippen molar-refractivity contribution in [2.75, 3.05) is 23.7 Å². The molecule has 1 aliphatic carbocycles. The number of H-pyrrole nitrogens is 1. The molecule has 0 aromatic carbocycles. The number of piperidine rings is 1. The van der Waals surface area contributed by atoms with E-state index >= 15 is 0 Å². The normalized spacial score (nSPS) is 19.1.